The molecule has 4 unspecified atom stereocenters. The van der Waals surface area contributed by atoms with Gasteiger partial charge >= 0.3 is 11.9 Å². The van der Waals surface area contributed by atoms with Gasteiger partial charge in [-0.3, -0.25) is 19.2 Å². The standard InChI is InChI=1S/C14H16N2.2C5H10N2O3/c15-13(11-7-3-1-4-8-11)14(16)12-9-5-2-6-10-12;1-10-4(8)2-3(6)5(7)9;1-10-5(9)3(6)2-4(7)8/h1-10,13-14H,15-16H2;3H,2,6H2,1H3,(H2,7,9);3H,2,6H2,1H3,(H2,7,8). The van der Waals surface area contributed by atoms with Crippen LogP contribution in [0.15, 0.2) is 60.7 Å². The molecule has 0 saturated heterocycles. The Balaban J connectivity index is 0.000000540. The zero-order valence-electron chi connectivity index (χ0n) is 20.4. The SMILES string of the molecule is COC(=O)C(N)CC(N)=O.COC(=O)CC(N)C(N)=O.NC(c1ccccc1)C(N)c1ccccc1. The molecule has 0 spiro atoms. The van der Waals surface area contributed by atoms with Gasteiger partial charge in [0.2, 0.25) is 11.8 Å². The van der Waals surface area contributed by atoms with Gasteiger partial charge in [-0.15, -0.1) is 0 Å². The molecule has 0 aliphatic rings. The molecule has 2 aromatic rings. The second-order valence-electron chi connectivity index (χ2n) is 7.46. The Morgan fingerprint density at radius 1 is 0.667 bits per heavy atom. The number of carbonyl (C=O) groups excluding carboxylic acids is 4. The minimum absolute atomic E-state index is 0.161. The van der Waals surface area contributed by atoms with E-state index in [9.17, 15) is 19.2 Å². The first-order chi connectivity index (χ1) is 16.9. The summed E-state index contributed by atoms with van der Waals surface area (Å²) in [5, 5.41) is 0. The fourth-order valence-corrected chi connectivity index (χ4v) is 2.58. The maximum atomic E-state index is 10.5. The summed E-state index contributed by atoms with van der Waals surface area (Å²) < 4.78 is 8.49. The van der Waals surface area contributed by atoms with E-state index >= 15 is 0 Å². The second-order valence-corrected chi connectivity index (χ2v) is 7.46. The van der Waals surface area contributed by atoms with Crippen LogP contribution in [0.5, 0.6) is 0 Å². The summed E-state index contributed by atoms with van der Waals surface area (Å²) in [7, 11) is 2.42. The molecule has 0 aliphatic carbocycles. The van der Waals surface area contributed by atoms with Gasteiger partial charge in [0.25, 0.3) is 0 Å². The average molecular weight is 505 g/mol. The molecule has 0 aliphatic heterocycles. The van der Waals surface area contributed by atoms with Crippen molar-refractivity contribution < 1.29 is 28.7 Å². The summed E-state index contributed by atoms with van der Waals surface area (Å²) in [5.41, 5.74) is 34.2. The van der Waals surface area contributed by atoms with E-state index in [1.165, 1.54) is 14.2 Å². The lowest BCUT2D eigenvalue weighted by Gasteiger charge is -2.20. The first kappa shape index (κ1) is 32.2. The fraction of sp³-hybridized carbons (Fsp3) is 0.333. The molecule has 4 atom stereocenters. The van der Waals surface area contributed by atoms with Gasteiger partial charge in [0.05, 0.1) is 33.1 Å². The monoisotopic (exact) mass is 504 g/mol. The van der Waals surface area contributed by atoms with Crippen LogP contribution in [0, 0.1) is 0 Å². The smallest absolute Gasteiger partial charge is 0.323 e. The Bertz CT molecular complexity index is 901. The largest absolute Gasteiger partial charge is 0.469 e. The lowest BCUT2D eigenvalue weighted by molar-refractivity contribution is -0.143. The maximum absolute atomic E-state index is 10.5. The number of ether oxygens (including phenoxy) is 2. The first-order valence-corrected chi connectivity index (χ1v) is 10.8. The van der Waals surface area contributed by atoms with Crippen LogP contribution in [0.1, 0.15) is 36.1 Å². The molecule has 12 N–H and O–H groups in total. The molecule has 0 radical (unpaired) electrons. The molecule has 0 bridgehead atoms. The molecule has 2 aromatic carbocycles. The first-order valence-electron chi connectivity index (χ1n) is 10.8. The number of benzene rings is 2. The van der Waals surface area contributed by atoms with Gasteiger partial charge in [-0.2, -0.15) is 0 Å². The second kappa shape index (κ2) is 17.6. The lowest BCUT2D eigenvalue weighted by Crippen LogP contribution is -2.38. The highest BCUT2D eigenvalue weighted by Crippen LogP contribution is 2.23. The van der Waals surface area contributed by atoms with Crippen molar-refractivity contribution in [1.82, 2.24) is 0 Å². The Morgan fingerprint density at radius 2 is 1.08 bits per heavy atom. The Morgan fingerprint density at radius 3 is 1.39 bits per heavy atom. The predicted octanol–water partition coefficient (Wildman–Crippen LogP) is -0.889. The number of carbonyl (C=O) groups is 4. The van der Waals surface area contributed by atoms with Crippen molar-refractivity contribution >= 4 is 23.8 Å². The molecule has 0 aromatic heterocycles. The van der Waals surface area contributed by atoms with Gasteiger partial charge in [-0.1, -0.05) is 60.7 Å². The number of rotatable bonds is 9. The lowest BCUT2D eigenvalue weighted by atomic mass is 9.95. The average Bonchev–Trinajstić information content (AvgIpc) is 2.88. The Kier molecular flexibility index (Phi) is 15.7. The highest BCUT2D eigenvalue weighted by Gasteiger charge is 2.17. The minimum Gasteiger partial charge on any atom is -0.469 e. The van der Waals surface area contributed by atoms with Crippen molar-refractivity contribution in [3.05, 3.63) is 71.8 Å². The number of nitrogens with two attached hydrogens (primary N) is 6. The molecule has 0 saturated carbocycles. The van der Waals surface area contributed by atoms with E-state index in [-0.39, 0.29) is 24.9 Å². The van der Waals surface area contributed by atoms with E-state index in [0.29, 0.717) is 0 Å². The van der Waals surface area contributed by atoms with E-state index < -0.39 is 35.8 Å². The van der Waals surface area contributed by atoms with E-state index in [1.54, 1.807) is 0 Å². The topological polar surface area (TPSA) is 243 Å². The van der Waals surface area contributed by atoms with Crippen molar-refractivity contribution in [2.24, 2.45) is 34.4 Å². The molecular formula is C24H36N6O6. The van der Waals surface area contributed by atoms with Crippen LogP contribution < -0.4 is 34.4 Å². The van der Waals surface area contributed by atoms with Gasteiger partial charge in [-0.25, -0.2) is 0 Å². The van der Waals surface area contributed by atoms with Crippen molar-refractivity contribution in [2.75, 3.05) is 14.2 Å². The molecule has 36 heavy (non-hydrogen) atoms. The van der Waals surface area contributed by atoms with E-state index in [4.69, 9.17) is 34.4 Å². The number of hydrogen-bond acceptors (Lipinski definition) is 10. The molecule has 2 amide bonds. The van der Waals surface area contributed by atoms with Crippen LogP contribution in [0.4, 0.5) is 0 Å². The number of hydrogen-bond donors (Lipinski definition) is 6. The molecule has 198 valence electrons. The molecule has 0 heterocycles. The molecular weight excluding hydrogens is 468 g/mol. The van der Waals surface area contributed by atoms with E-state index in [1.807, 2.05) is 60.7 Å². The van der Waals surface area contributed by atoms with E-state index in [2.05, 4.69) is 9.47 Å². The molecule has 12 heteroatoms. The van der Waals surface area contributed by atoms with Gasteiger partial charge in [0.1, 0.15) is 6.04 Å². The third-order valence-electron chi connectivity index (χ3n) is 4.66. The summed E-state index contributed by atoms with van der Waals surface area (Å²) >= 11 is 0. The molecule has 2 rings (SSSR count). The zero-order chi connectivity index (χ0) is 27.7. The number of esters is 2. The van der Waals surface area contributed by atoms with Crippen LogP contribution >= 0.6 is 0 Å². The van der Waals surface area contributed by atoms with Gasteiger partial charge in [-0.05, 0) is 11.1 Å². The van der Waals surface area contributed by atoms with Crippen LogP contribution in [-0.2, 0) is 28.7 Å². The van der Waals surface area contributed by atoms with Crippen LogP contribution in [0.2, 0.25) is 0 Å². The van der Waals surface area contributed by atoms with Crippen molar-refractivity contribution in [1.29, 1.82) is 0 Å². The van der Waals surface area contributed by atoms with Gasteiger partial charge < -0.3 is 43.9 Å². The number of amides is 2. The fourth-order valence-electron chi connectivity index (χ4n) is 2.58. The summed E-state index contributed by atoms with van der Waals surface area (Å²) in [6, 6.07) is 17.7. The number of methoxy groups -OCH3 is 2. The van der Waals surface area contributed by atoms with Gasteiger partial charge in [0.15, 0.2) is 0 Å². The maximum Gasteiger partial charge on any atom is 0.323 e. The normalized spacial score (nSPS) is 13.2. The summed E-state index contributed by atoms with van der Waals surface area (Å²) in [6.45, 7) is 0. The van der Waals surface area contributed by atoms with Crippen LogP contribution in [0.3, 0.4) is 0 Å². The van der Waals surface area contributed by atoms with E-state index in [0.717, 1.165) is 11.1 Å². The van der Waals surface area contributed by atoms with Crippen molar-refractivity contribution in [3.63, 3.8) is 0 Å². The highest BCUT2D eigenvalue weighted by atomic mass is 16.5. The van der Waals surface area contributed by atoms with Crippen molar-refractivity contribution in [3.8, 4) is 0 Å². The predicted molar refractivity (Wildman–Crippen MR) is 134 cm³/mol. The molecule has 0 fully saturated rings. The minimum atomic E-state index is -0.938. The number of primary amides is 2. The molecule has 12 nitrogen and oxygen atoms in total. The Hall–Kier alpha value is -3.84. The summed E-state index contributed by atoms with van der Waals surface area (Å²) in [4.78, 5) is 41.3. The highest BCUT2D eigenvalue weighted by molar-refractivity contribution is 5.85. The quantitative estimate of drug-likeness (QED) is 0.230. The summed E-state index contributed by atoms with van der Waals surface area (Å²) in [5.74, 6) is -2.48. The third kappa shape index (κ3) is 13.2. The Labute approximate surface area is 210 Å². The zero-order valence-corrected chi connectivity index (χ0v) is 20.4. The third-order valence-corrected chi connectivity index (χ3v) is 4.66. The van der Waals surface area contributed by atoms with Crippen molar-refractivity contribution in [2.45, 2.75) is 37.0 Å². The summed E-state index contributed by atoms with van der Waals surface area (Å²) in [6.07, 6.45) is -0.335. The van der Waals surface area contributed by atoms with Crippen LogP contribution in [0.25, 0.3) is 0 Å². The van der Waals surface area contributed by atoms with Gasteiger partial charge in [0, 0.05) is 12.1 Å². The van der Waals surface area contributed by atoms with Crippen LogP contribution in [-0.4, -0.2) is 50.1 Å².